The number of nitrogens with one attached hydrogen (secondary N) is 1. The first-order valence-corrected chi connectivity index (χ1v) is 6.18. The number of halogens is 4. The molecule has 5 heteroatoms. The zero-order chi connectivity index (χ0) is 14.7. The fraction of sp³-hybridized carbons (Fsp3) is 0.200. The number of hydrogen-bond acceptors (Lipinski definition) is 1. The Morgan fingerprint density at radius 2 is 1.55 bits per heavy atom. The summed E-state index contributed by atoms with van der Waals surface area (Å²) >= 11 is 0. The monoisotopic (exact) mass is 283 g/mol. The Kier molecular flexibility index (Phi) is 4.27. The van der Waals surface area contributed by atoms with Gasteiger partial charge in [-0.05, 0) is 36.2 Å². The molecule has 0 heterocycles. The lowest BCUT2D eigenvalue weighted by Crippen LogP contribution is -2.12. The topological polar surface area (TPSA) is 12.0 Å². The zero-order valence-corrected chi connectivity index (χ0v) is 10.8. The molecule has 1 atom stereocenters. The van der Waals surface area contributed by atoms with Crippen molar-refractivity contribution in [1.29, 1.82) is 0 Å². The van der Waals surface area contributed by atoms with E-state index in [1.165, 1.54) is 12.1 Å². The summed E-state index contributed by atoms with van der Waals surface area (Å²) in [6.45, 7) is 1.85. The summed E-state index contributed by atoms with van der Waals surface area (Å²) < 4.78 is 52.5. The third kappa shape index (κ3) is 2.92. The van der Waals surface area contributed by atoms with Gasteiger partial charge in [0.15, 0.2) is 17.5 Å². The van der Waals surface area contributed by atoms with Crippen molar-refractivity contribution in [2.24, 2.45) is 0 Å². The highest BCUT2D eigenvalue weighted by atomic mass is 19.2. The second-order valence-electron chi connectivity index (χ2n) is 4.38. The van der Waals surface area contributed by atoms with Gasteiger partial charge < -0.3 is 5.32 Å². The molecular weight excluding hydrogens is 270 g/mol. The van der Waals surface area contributed by atoms with Crippen LogP contribution in [0.1, 0.15) is 24.9 Å². The lowest BCUT2D eigenvalue weighted by atomic mass is 10.0. The summed E-state index contributed by atoms with van der Waals surface area (Å²) in [5, 5.41) is 2.80. The second-order valence-corrected chi connectivity index (χ2v) is 4.38. The third-order valence-electron chi connectivity index (χ3n) is 3.05. The molecule has 0 spiro atoms. The van der Waals surface area contributed by atoms with Gasteiger partial charge in [-0.15, -0.1) is 0 Å². The van der Waals surface area contributed by atoms with E-state index in [0.29, 0.717) is 6.42 Å². The normalized spacial score (nSPS) is 12.2. The van der Waals surface area contributed by atoms with Gasteiger partial charge in [-0.3, -0.25) is 0 Å². The fourth-order valence-electron chi connectivity index (χ4n) is 1.94. The van der Waals surface area contributed by atoms with Crippen LogP contribution in [0.25, 0.3) is 0 Å². The molecule has 106 valence electrons. The van der Waals surface area contributed by atoms with E-state index < -0.39 is 17.5 Å². The van der Waals surface area contributed by atoms with Crippen LogP contribution in [0, 0.1) is 23.3 Å². The van der Waals surface area contributed by atoms with Gasteiger partial charge >= 0.3 is 0 Å². The standard InChI is InChI=1S/C15H13F4N/c1-2-12(9-3-5-10(16)6-4-9)20-13-8-7-11(17)14(18)15(13)19/h3-8,12,20H,2H2,1H3. The van der Waals surface area contributed by atoms with Crippen LogP contribution in [-0.2, 0) is 0 Å². The Hall–Kier alpha value is -2.04. The Morgan fingerprint density at radius 3 is 2.15 bits per heavy atom. The predicted octanol–water partition coefficient (Wildman–Crippen LogP) is 4.81. The predicted molar refractivity (Wildman–Crippen MR) is 69.4 cm³/mol. The summed E-state index contributed by atoms with van der Waals surface area (Å²) in [7, 11) is 0. The molecule has 0 aliphatic carbocycles. The molecule has 0 bridgehead atoms. The molecule has 2 aromatic carbocycles. The lowest BCUT2D eigenvalue weighted by Gasteiger charge is -2.19. The van der Waals surface area contributed by atoms with Gasteiger partial charge in [0.2, 0.25) is 0 Å². The maximum absolute atomic E-state index is 13.6. The highest BCUT2D eigenvalue weighted by molar-refractivity contribution is 5.47. The van der Waals surface area contributed by atoms with Crippen molar-refractivity contribution in [3.05, 3.63) is 65.2 Å². The highest BCUT2D eigenvalue weighted by Gasteiger charge is 2.16. The molecule has 2 rings (SSSR count). The van der Waals surface area contributed by atoms with Gasteiger partial charge in [-0.1, -0.05) is 19.1 Å². The van der Waals surface area contributed by atoms with Gasteiger partial charge in [0, 0.05) is 0 Å². The summed E-state index contributed by atoms with van der Waals surface area (Å²) in [6.07, 6.45) is 0.573. The Balaban J connectivity index is 2.27. The summed E-state index contributed by atoms with van der Waals surface area (Å²) in [4.78, 5) is 0. The van der Waals surface area contributed by atoms with Crippen LogP contribution in [0.4, 0.5) is 23.2 Å². The van der Waals surface area contributed by atoms with Gasteiger partial charge in [0.1, 0.15) is 5.82 Å². The molecule has 1 unspecified atom stereocenters. The smallest absolute Gasteiger partial charge is 0.196 e. The summed E-state index contributed by atoms with van der Waals surface area (Å²) in [5.74, 6) is -4.37. The highest BCUT2D eigenvalue weighted by Crippen LogP contribution is 2.26. The van der Waals surface area contributed by atoms with Crippen molar-refractivity contribution in [2.45, 2.75) is 19.4 Å². The van der Waals surface area contributed by atoms with Crippen molar-refractivity contribution in [3.8, 4) is 0 Å². The fourth-order valence-corrected chi connectivity index (χ4v) is 1.94. The van der Waals surface area contributed by atoms with Crippen LogP contribution in [0.2, 0.25) is 0 Å². The van der Waals surface area contributed by atoms with Crippen LogP contribution >= 0.6 is 0 Å². The summed E-state index contributed by atoms with van der Waals surface area (Å²) in [6, 6.07) is 7.39. The van der Waals surface area contributed by atoms with Crippen molar-refractivity contribution in [3.63, 3.8) is 0 Å². The minimum Gasteiger partial charge on any atom is -0.376 e. The zero-order valence-electron chi connectivity index (χ0n) is 10.8. The molecule has 0 aliphatic rings. The maximum Gasteiger partial charge on any atom is 0.196 e. The summed E-state index contributed by atoms with van der Waals surface area (Å²) in [5.41, 5.74) is 0.609. The number of benzene rings is 2. The number of rotatable bonds is 4. The molecule has 0 radical (unpaired) electrons. The molecule has 0 aromatic heterocycles. The van der Waals surface area contributed by atoms with E-state index in [0.717, 1.165) is 17.7 Å². The van der Waals surface area contributed by atoms with E-state index in [9.17, 15) is 17.6 Å². The van der Waals surface area contributed by atoms with E-state index in [-0.39, 0.29) is 17.5 Å². The van der Waals surface area contributed by atoms with Crippen molar-refractivity contribution in [1.82, 2.24) is 0 Å². The van der Waals surface area contributed by atoms with Crippen molar-refractivity contribution < 1.29 is 17.6 Å². The van der Waals surface area contributed by atoms with Crippen LogP contribution < -0.4 is 5.32 Å². The van der Waals surface area contributed by atoms with Gasteiger partial charge in [0.25, 0.3) is 0 Å². The van der Waals surface area contributed by atoms with Gasteiger partial charge in [0.05, 0.1) is 11.7 Å². The number of anilines is 1. The molecule has 0 fully saturated rings. The first-order valence-electron chi connectivity index (χ1n) is 6.18. The van der Waals surface area contributed by atoms with Crippen LogP contribution in [0.3, 0.4) is 0 Å². The maximum atomic E-state index is 13.6. The van der Waals surface area contributed by atoms with Crippen LogP contribution in [-0.4, -0.2) is 0 Å². The molecule has 1 nitrogen and oxygen atoms in total. The second kappa shape index (κ2) is 5.94. The van der Waals surface area contributed by atoms with Gasteiger partial charge in [-0.2, -0.15) is 0 Å². The number of hydrogen-bond donors (Lipinski definition) is 1. The Bertz CT molecular complexity index is 596. The molecule has 0 saturated carbocycles. The van der Waals surface area contributed by atoms with E-state index in [2.05, 4.69) is 5.32 Å². The lowest BCUT2D eigenvalue weighted by molar-refractivity contribution is 0.448. The third-order valence-corrected chi connectivity index (χ3v) is 3.05. The first-order chi connectivity index (χ1) is 9.52. The SMILES string of the molecule is CCC(Nc1ccc(F)c(F)c1F)c1ccc(F)cc1. The quantitative estimate of drug-likeness (QED) is 0.627. The van der Waals surface area contributed by atoms with E-state index >= 15 is 0 Å². The largest absolute Gasteiger partial charge is 0.376 e. The minimum atomic E-state index is -1.51. The average molecular weight is 283 g/mol. The van der Waals surface area contributed by atoms with E-state index in [1.807, 2.05) is 6.92 Å². The first kappa shape index (κ1) is 14.4. The molecular formula is C15H13F4N. The van der Waals surface area contributed by atoms with Crippen LogP contribution in [0.15, 0.2) is 36.4 Å². The molecule has 20 heavy (non-hydrogen) atoms. The molecule has 0 aliphatic heterocycles. The molecule has 0 amide bonds. The Morgan fingerprint density at radius 1 is 0.900 bits per heavy atom. The molecule has 2 aromatic rings. The van der Waals surface area contributed by atoms with Crippen LogP contribution in [0.5, 0.6) is 0 Å². The molecule has 1 N–H and O–H groups in total. The van der Waals surface area contributed by atoms with Crippen molar-refractivity contribution >= 4 is 5.69 Å². The van der Waals surface area contributed by atoms with E-state index in [4.69, 9.17) is 0 Å². The molecule has 0 saturated heterocycles. The average Bonchev–Trinajstić information content (AvgIpc) is 2.45. The van der Waals surface area contributed by atoms with Gasteiger partial charge in [-0.25, -0.2) is 17.6 Å². The minimum absolute atomic E-state index is 0.125. The Labute approximate surface area is 114 Å². The van der Waals surface area contributed by atoms with Crippen molar-refractivity contribution in [2.75, 3.05) is 5.32 Å². The van der Waals surface area contributed by atoms with E-state index in [1.54, 1.807) is 12.1 Å².